The van der Waals surface area contributed by atoms with Crippen molar-refractivity contribution < 1.29 is 14.6 Å². The molecule has 0 saturated carbocycles. The van der Waals surface area contributed by atoms with Crippen LogP contribution in [0.3, 0.4) is 0 Å². The molecule has 3 aromatic carbocycles. The summed E-state index contributed by atoms with van der Waals surface area (Å²) in [5, 5.41) is 13.6. The molecule has 0 aliphatic carbocycles. The van der Waals surface area contributed by atoms with E-state index < -0.39 is 0 Å². The molecule has 1 amide bonds. The predicted molar refractivity (Wildman–Crippen MR) is 108 cm³/mol. The van der Waals surface area contributed by atoms with Crippen LogP contribution in [0.5, 0.6) is 11.5 Å². The smallest absolute Gasteiger partial charge is 0.271 e. The van der Waals surface area contributed by atoms with Crippen LogP contribution in [-0.2, 0) is 6.61 Å². The fourth-order valence-corrected chi connectivity index (χ4v) is 2.68. The summed E-state index contributed by atoms with van der Waals surface area (Å²) >= 11 is 3.32. The first-order valence-corrected chi connectivity index (χ1v) is 9.00. The molecule has 6 heteroatoms. The highest BCUT2D eigenvalue weighted by atomic mass is 79.9. The van der Waals surface area contributed by atoms with E-state index in [-0.39, 0.29) is 11.7 Å². The van der Waals surface area contributed by atoms with E-state index in [2.05, 4.69) is 26.5 Å². The molecule has 136 valence electrons. The predicted octanol–water partition coefficient (Wildman–Crippen LogP) is 4.50. The van der Waals surface area contributed by atoms with Gasteiger partial charge < -0.3 is 9.84 Å². The lowest BCUT2D eigenvalue weighted by Gasteiger charge is -2.07. The Morgan fingerprint density at radius 2 is 1.81 bits per heavy atom. The van der Waals surface area contributed by atoms with Crippen LogP contribution in [0.4, 0.5) is 0 Å². The maximum atomic E-state index is 12.1. The van der Waals surface area contributed by atoms with Crippen molar-refractivity contribution in [2.45, 2.75) is 6.61 Å². The van der Waals surface area contributed by atoms with Crippen molar-refractivity contribution in [2.75, 3.05) is 0 Å². The van der Waals surface area contributed by atoms with Gasteiger partial charge in [-0.25, -0.2) is 5.43 Å². The summed E-state index contributed by atoms with van der Waals surface area (Å²) in [6.45, 7) is 0.465. The zero-order valence-electron chi connectivity index (χ0n) is 14.3. The first-order chi connectivity index (χ1) is 13.1. The average Bonchev–Trinajstić information content (AvgIpc) is 2.70. The number of hydrazone groups is 1. The number of benzene rings is 3. The molecule has 0 spiro atoms. The van der Waals surface area contributed by atoms with E-state index in [4.69, 9.17) is 4.74 Å². The van der Waals surface area contributed by atoms with Gasteiger partial charge in [0.05, 0.1) is 6.21 Å². The lowest BCUT2D eigenvalue weighted by atomic mass is 10.2. The van der Waals surface area contributed by atoms with Crippen molar-refractivity contribution in [3.63, 3.8) is 0 Å². The van der Waals surface area contributed by atoms with Gasteiger partial charge >= 0.3 is 0 Å². The van der Waals surface area contributed by atoms with Crippen LogP contribution in [0.25, 0.3) is 0 Å². The van der Waals surface area contributed by atoms with Gasteiger partial charge in [-0.2, -0.15) is 5.10 Å². The van der Waals surface area contributed by atoms with Crippen molar-refractivity contribution >= 4 is 28.1 Å². The Hall–Kier alpha value is -3.12. The molecule has 3 aromatic rings. The van der Waals surface area contributed by atoms with Crippen LogP contribution >= 0.6 is 15.9 Å². The summed E-state index contributed by atoms with van der Waals surface area (Å²) in [4.78, 5) is 12.1. The molecule has 0 fully saturated rings. The lowest BCUT2D eigenvalue weighted by Crippen LogP contribution is -2.17. The molecular formula is C21H17BrN2O3. The first kappa shape index (κ1) is 18.7. The monoisotopic (exact) mass is 424 g/mol. The summed E-state index contributed by atoms with van der Waals surface area (Å²) in [6.07, 6.45) is 1.38. The van der Waals surface area contributed by atoms with Crippen LogP contribution in [0, 0.1) is 0 Å². The molecule has 0 aliphatic heterocycles. The number of carbonyl (C=O) groups excluding carboxylic acids is 1. The molecule has 5 nitrogen and oxygen atoms in total. The standard InChI is InChI=1S/C21H17BrN2O3/c22-18-8-11-20(25)17(12-18)13-23-24-21(26)16-6-9-19(10-7-16)27-14-15-4-2-1-3-5-15/h1-13,25H,14H2,(H,24,26). The first-order valence-electron chi connectivity index (χ1n) is 8.20. The van der Waals surface area contributed by atoms with Gasteiger partial charge in [0.15, 0.2) is 0 Å². The third-order valence-corrected chi connectivity index (χ3v) is 4.22. The maximum Gasteiger partial charge on any atom is 0.271 e. The summed E-state index contributed by atoms with van der Waals surface area (Å²) in [5.74, 6) is 0.407. The van der Waals surface area contributed by atoms with Crippen LogP contribution in [0.15, 0.2) is 82.4 Å². The number of phenolic OH excluding ortho intramolecular Hbond substituents is 1. The number of hydrogen-bond donors (Lipinski definition) is 2. The van der Waals surface area contributed by atoms with Crippen molar-refractivity contribution in [2.24, 2.45) is 5.10 Å². The second-order valence-corrected chi connectivity index (χ2v) is 6.62. The Bertz CT molecular complexity index is 941. The third-order valence-electron chi connectivity index (χ3n) is 3.72. The van der Waals surface area contributed by atoms with Crippen LogP contribution in [-0.4, -0.2) is 17.2 Å². The topological polar surface area (TPSA) is 70.9 Å². The van der Waals surface area contributed by atoms with Gasteiger partial charge in [-0.05, 0) is 48.0 Å². The molecule has 0 aliphatic rings. The fraction of sp³-hybridized carbons (Fsp3) is 0.0476. The Kier molecular flexibility index (Phi) is 6.22. The summed E-state index contributed by atoms with van der Waals surface area (Å²) in [5.41, 5.74) is 4.46. The lowest BCUT2D eigenvalue weighted by molar-refractivity contribution is 0.0955. The zero-order valence-corrected chi connectivity index (χ0v) is 15.9. The molecule has 27 heavy (non-hydrogen) atoms. The number of hydrogen-bond acceptors (Lipinski definition) is 4. The van der Waals surface area contributed by atoms with E-state index in [0.717, 1.165) is 10.0 Å². The summed E-state index contributed by atoms with van der Waals surface area (Å²) in [7, 11) is 0. The molecule has 0 aromatic heterocycles. The van der Waals surface area contributed by atoms with E-state index in [1.54, 1.807) is 42.5 Å². The van der Waals surface area contributed by atoms with Gasteiger partial charge in [-0.3, -0.25) is 4.79 Å². The van der Waals surface area contributed by atoms with Crippen LogP contribution in [0.1, 0.15) is 21.5 Å². The molecule has 0 heterocycles. The highest BCUT2D eigenvalue weighted by Crippen LogP contribution is 2.20. The number of nitrogens with one attached hydrogen (secondary N) is 1. The maximum absolute atomic E-state index is 12.1. The quantitative estimate of drug-likeness (QED) is 0.452. The van der Waals surface area contributed by atoms with E-state index in [1.807, 2.05) is 30.3 Å². The van der Waals surface area contributed by atoms with E-state index >= 15 is 0 Å². The van der Waals surface area contributed by atoms with Gasteiger partial charge in [0.1, 0.15) is 18.1 Å². The minimum Gasteiger partial charge on any atom is -0.507 e. The third kappa shape index (κ3) is 5.43. The Labute approximate surface area is 165 Å². The number of phenols is 1. The van der Waals surface area contributed by atoms with E-state index in [0.29, 0.717) is 23.5 Å². The van der Waals surface area contributed by atoms with Gasteiger partial charge in [-0.1, -0.05) is 46.3 Å². The molecule has 2 N–H and O–H groups in total. The van der Waals surface area contributed by atoms with Gasteiger partial charge in [0, 0.05) is 15.6 Å². The number of rotatable bonds is 6. The minimum atomic E-state index is -0.352. The number of amides is 1. The number of ether oxygens (including phenoxy) is 1. The van der Waals surface area contributed by atoms with Crippen molar-refractivity contribution in [1.29, 1.82) is 0 Å². The highest BCUT2D eigenvalue weighted by molar-refractivity contribution is 9.10. The largest absolute Gasteiger partial charge is 0.507 e. The second kappa shape index (κ2) is 9.00. The number of carbonyl (C=O) groups is 1. The van der Waals surface area contributed by atoms with Crippen LogP contribution < -0.4 is 10.2 Å². The molecule has 0 atom stereocenters. The molecule has 3 rings (SSSR count). The molecule has 0 bridgehead atoms. The van der Waals surface area contributed by atoms with E-state index in [1.165, 1.54) is 6.21 Å². The SMILES string of the molecule is O=C(NN=Cc1cc(Br)ccc1O)c1ccc(OCc2ccccc2)cc1. The summed E-state index contributed by atoms with van der Waals surface area (Å²) in [6, 6.07) is 21.6. The van der Waals surface area contributed by atoms with Gasteiger partial charge in [0.25, 0.3) is 5.91 Å². The van der Waals surface area contributed by atoms with Crippen molar-refractivity contribution in [3.05, 3.63) is 94.0 Å². The normalized spacial score (nSPS) is 10.7. The van der Waals surface area contributed by atoms with Gasteiger partial charge in [0.2, 0.25) is 0 Å². The Morgan fingerprint density at radius 1 is 1.07 bits per heavy atom. The number of halogens is 1. The molecule has 0 unspecified atom stereocenters. The Morgan fingerprint density at radius 3 is 2.56 bits per heavy atom. The van der Waals surface area contributed by atoms with E-state index in [9.17, 15) is 9.90 Å². The zero-order chi connectivity index (χ0) is 19.1. The van der Waals surface area contributed by atoms with Crippen LogP contribution in [0.2, 0.25) is 0 Å². The summed E-state index contributed by atoms with van der Waals surface area (Å²) < 4.78 is 6.50. The second-order valence-electron chi connectivity index (χ2n) is 5.70. The molecule has 0 radical (unpaired) electrons. The Balaban J connectivity index is 1.55. The number of aromatic hydroxyl groups is 1. The minimum absolute atomic E-state index is 0.0797. The average molecular weight is 425 g/mol. The fourth-order valence-electron chi connectivity index (χ4n) is 2.30. The molecule has 0 saturated heterocycles. The number of nitrogens with zero attached hydrogens (tertiary/aromatic N) is 1. The van der Waals surface area contributed by atoms with Crippen molar-refractivity contribution in [1.82, 2.24) is 5.43 Å². The highest BCUT2D eigenvalue weighted by Gasteiger charge is 2.05. The molecular weight excluding hydrogens is 408 g/mol. The van der Waals surface area contributed by atoms with Crippen molar-refractivity contribution in [3.8, 4) is 11.5 Å². The van der Waals surface area contributed by atoms with Gasteiger partial charge in [-0.15, -0.1) is 0 Å².